The molecule has 0 bridgehead atoms. The van der Waals surface area contributed by atoms with Gasteiger partial charge in [-0.2, -0.15) is 5.10 Å². The third kappa shape index (κ3) is 2.56. The first-order chi connectivity index (χ1) is 7.25. The first kappa shape index (κ1) is 10.2. The number of aromatic amines is 1. The quantitative estimate of drug-likeness (QED) is 0.898. The fraction of sp³-hybridized carbons (Fsp3) is 0.200. The molecule has 0 fully saturated rings. The van der Waals surface area contributed by atoms with Crippen LogP contribution in [0.5, 0.6) is 0 Å². The summed E-state index contributed by atoms with van der Waals surface area (Å²) in [5.74, 6) is 0.872. The van der Waals surface area contributed by atoms with E-state index in [1.54, 1.807) is 12.4 Å². The lowest BCUT2D eigenvalue weighted by atomic mass is 10.3. The van der Waals surface area contributed by atoms with Gasteiger partial charge in [-0.3, -0.25) is 5.10 Å². The van der Waals surface area contributed by atoms with Crippen LogP contribution in [0.4, 0.5) is 5.82 Å². The van der Waals surface area contributed by atoms with Crippen LogP contribution in [0.15, 0.2) is 29.1 Å². The Kier molecular flexibility index (Phi) is 3.01. The summed E-state index contributed by atoms with van der Waals surface area (Å²) < 4.78 is 1.02. The minimum Gasteiger partial charge on any atom is -0.366 e. The minimum absolute atomic E-state index is 0.727. The van der Waals surface area contributed by atoms with Crippen molar-refractivity contribution in [3.63, 3.8) is 0 Å². The molecule has 0 atom stereocenters. The molecule has 0 saturated carbocycles. The molecule has 4 nitrogen and oxygen atoms in total. The Morgan fingerprint density at radius 2 is 2.33 bits per heavy atom. The molecule has 0 saturated heterocycles. The maximum atomic E-state index is 4.25. The van der Waals surface area contributed by atoms with E-state index in [4.69, 9.17) is 0 Å². The van der Waals surface area contributed by atoms with E-state index in [1.807, 2.05) is 19.2 Å². The highest BCUT2D eigenvalue weighted by atomic mass is 79.9. The molecule has 5 heteroatoms. The number of aromatic nitrogens is 3. The van der Waals surface area contributed by atoms with Crippen LogP contribution in [0.3, 0.4) is 0 Å². The summed E-state index contributed by atoms with van der Waals surface area (Å²) in [4.78, 5) is 4.25. The number of hydrogen-bond donors (Lipinski definition) is 2. The monoisotopic (exact) mass is 266 g/mol. The van der Waals surface area contributed by atoms with Gasteiger partial charge in [0.1, 0.15) is 5.82 Å². The highest BCUT2D eigenvalue weighted by Gasteiger charge is 1.99. The predicted octanol–water partition coefficient (Wildman–Crippen LogP) is 2.49. The largest absolute Gasteiger partial charge is 0.366 e. The zero-order valence-electron chi connectivity index (χ0n) is 8.29. The van der Waals surface area contributed by atoms with Crippen molar-refractivity contribution in [2.75, 3.05) is 5.32 Å². The Bertz CT molecular complexity index is 439. The first-order valence-corrected chi connectivity index (χ1v) is 5.38. The molecule has 0 aliphatic carbocycles. The molecule has 0 spiro atoms. The molecular weight excluding hydrogens is 256 g/mol. The van der Waals surface area contributed by atoms with Crippen molar-refractivity contribution < 1.29 is 0 Å². The predicted molar refractivity (Wildman–Crippen MR) is 62.6 cm³/mol. The number of nitrogens with one attached hydrogen (secondary N) is 2. The summed E-state index contributed by atoms with van der Waals surface area (Å²) in [5.41, 5.74) is 2.28. The van der Waals surface area contributed by atoms with E-state index in [0.717, 1.165) is 22.4 Å². The van der Waals surface area contributed by atoms with E-state index in [9.17, 15) is 0 Å². The topological polar surface area (TPSA) is 53.6 Å². The Morgan fingerprint density at radius 3 is 3.00 bits per heavy atom. The molecule has 2 aromatic rings. The van der Waals surface area contributed by atoms with E-state index < -0.39 is 0 Å². The Labute approximate surface area is 96.3 Å². The first-order valence-electron chi connectivity index (χ1n) is 4.59. The van der Waals surface area contributed by atoms with Crippen molar-refractivity contribution >= 4 is 21.7 Å². The fourth-order valence-corrected chi connectivity index (χ4v) is 1.42. The Balaban J connectivity index is 2.02. The number of rotatable bonds is 3. The Morgan fingerprint density at radius 1 is 1.47 bits per heavy atom. The van der Waals surface area contributed by atoms with Crippen LogP contribution in [0, 0.1) is 6.92 Å². The molecule has 0 aromatic carbocycles. The van der Waals surface area contributed by atoms with Crippen LogP contribution in [-0.2, 0) is 6.54 Å². The van der Waals surface area contributed by atoms with Gasteiger partial charge in [-0.25, -0.2) is 4.98 Å². The van der Waals surface area contributed by atoms with Gasteiger partial charge in [0.25, 0.3) is 0 Å². The van der Waals surface area contributed by atoms with Gasteiger partial charge < -0.3 is 5.32 Å². The van der Waals surface area contributed by atoms with E-state index in [-0.39, 0.29) is 0 Å². The number of H-pyrrole nitrogens is 1. The van der Waals surface area contributed by atoms with Gasteiger partial charge in [-0.05, 0) is 34.5 Å². The summed E-state index contributed by atoms with van der Waals surface area (Å²) in [6.45, 7) is 2.76. The molecule has 0 unspecified atom stereocenters. The van der Waals surface area contributed by atoms with Crippen molar-refractivity contribution in [2.24, 2.45) is 0 Å². The SMILES string of the molecule is Cc1cc(NCc2cn[nH]c2)ncc1Br. The number of hydrogen-bond acceptors (Lipinski definition) is 3. The normalized spacial score (nSPS) is 10.3. The fourth-order valence-electron chi connectivity index (χ4n) is 1.20. The zero-order chi connectivity index (χ0) is 10.7. The van der Waals surface area contributed by atoms with E-state index in [2.05, 4.69) is 36.4 Å². The lowest BCUT2D eigenvalue weighted by Gasteiger charge is -2.05. The molecule has 2 aromatic heterocycles. The Hall–Kier alpha value is -1.36. The third-order valence-corrected chi connectivity index (χ3v) is 2.91. The second kappa shape index (κ2) is 4.44. The molecule has 0 aliphatic rings. The van der Waals surface area contributed by atoms with Gasteiger partial charge >= 0.3 is 0 Å². The van der Waals surface area contributed by atoms with Crippen molar-refractivity contribution in [1.82, 2.24) is 15.2 Å². The molecule has 2 N–H and O–H groups in total. The van der Waals surface area contributed by atoms with Gasteiger partial charge in [0.2, 0.25) is 0 Å². The van der Waals surface area contributed by atoms with E-state index in [1.165, 1.54) is 5.56 Å². The molecule has 2 heterocycles. The van der Waals surface area contributed by atoms with Crippen molar-refractivity contribution in [3.8, 4) is 0 Å². The molecular formula is C10H11BrN4. The second-order valence-electron chi connectivity index (χ2n) is 3.28. The highest BCUT2D eigenvalue weighted by Crippen LogP contribution is 2.17. The van der Waals surface area contributed by atoms with Gasteiger partial charge in [-0.1, -0.05) is 0 Å². The molecule has 15 heavy (non-hydrogen) atoms. The van der Waals surface area contributed by atoms with Crippen LogP contribution >= 0.6 is 15.9 Å². The van der Waals surface area contributed by atoms with Crippen LogP contribution in [0.2, 0.25) is 0 Å². The van der Waals surface area contributed by atoms with Crippen LogP contribution in [0.1, 0.15) is 11.1 Å². The van der Waals surface area contributed by atoms with Crippen LogP contribution in [0.25, 0.3) is 0 Å². The molecule has 78 valence electrons. The zero-order valence-corrected chi connectivity index (χ0v) is 9.87. The second-order valence-corrected chi connectivity index (χ2v) is 4.13. The van der Waals surface area contributed by atoms with E-state index in [0.29, 0.717) is 0 Å². The lowest BCUT2D eigenvalue weighted by Crippen LogP contribution is -2.00. The molecule has 0 amide bonds. The van der Waals surface area contributed by atoms with Gasteiger partial charge in [0, 0.05) is 29.0 Å². The van der Waals surface area contributed by atoms with Crippen molar-refractivity contribution in [3.05, 3.63) is 40.3 Å². The number of anilines is 1. The minimum atomic E-state index is 0.727. The number of pyridine rings is 1. The summed E-state index contributed by atoms with van der Waals surface area (Å²) in [7, 11) is 0. The number of nitrogens with zero attached hydrogens (tertiary/aromatic N) is 2. The third-order valence-electron chi connectivity index (χ3n) is 2.08. The molecule has 0 radical (unpaired) electrons. The van der Waals surface area contributed by atoms with Crippen molar-refractivity contribution in [2.45, 2.75) is 13.5 Å². The van der Waals surface area contributed by atoms with Gasteiger partial charge in [0.15, 0.2) is 0 Å². The standard InChI is InChI=1S/C10H11BrN4/c1-7-2-10(13-6-9(7)11)12-3-8-4-14-15-5-8/h2,4-6H,3H2,1H3,(H,12,13)(H,14,15). The summed E-state index contributed by atoms with van der Waals surface area (Å²) in [6, 6.07) is 2.00. The van der Waals surface area contributed by atoms with Gasteiger partial charge in [-0.15, -0.1) is 0 Å². The smallest absolute Gasteiger partial charge is 0.126 e. The maximum Gasteiger partial charge on any atom is 0.126 e. The highest BCUT2D eigenvalue weighted by molar-refractivity contribution is 9.10. The van der Waals surface area contributed by atoms with Crippen LogP contribution < -0.4 is 5.32 Å². The lowest BCUT2D eigenvalue weighted by molar-refractivity contribution is 1.09. The van der Waals surface area contributed by atoms with E-state index >= 15 is 0 Å². The average molecular weight is 267 g/mol. The number of halogens is 1. The number of aryl methyl sites for hydroxylation is 1. The van der Waals surface area contributed by atoms with Crippen molar-refractivity contribution in [1.29, 1.82) is 0 Å². The molecule has 2 rings (SSSR count). The summed E-state index contributed by atoms with van der Waals surface area (Å²) in [5, 5.41) is 9.86. The average Bonchev–Trinajstić information content (AvgIpc) is 2.73. The summed E-state index contributed by atoms with van der Waals surface area (Å²) >= 11 is 3.41. The van der Waals surface area contributed by atoms with Gasteiger partial charge in [0.05, 0.1) is 6.20 Å². The summed E-state index contributed by atoms with van der Waals surface area (Å²) in [6.07, 6.45) is 5.45. The maximum absolute atomic E-state index is 4.25. The molecule has 0 aliphatic heterocycles. The van der Waals surface area contributed by atoms with Crippen LogP contribution in [-0.4, -0.2) is 15.2 Å².